The summed E-state index contributed by atoms with van der Waals surface area (Å²) < 4.78 is 24.6. The second kappa shape index (κ2) is 7.47. The van der Waals surface area contributed by atoms with E-state index in [1.807, 2.05) is 0 Å². The van der Waals surface area contributed by atoms with E-state index in [-0.39, 0.29) is 6.54 Å². The van der Waals surface area contributed by atoms with Crippen molar-refractivity contribution in [2.24, 2.45) is 0 Å². The van der Waals surface area contributed by atoms with Crippen molar-refractivity contribution in [2.75, 3.05) is 24.7 Å². The number of anilines is 1. The van der Waals surface area contributed by atoms with E-state index in [4.69, 9.17) is 23.2 Å². The van der Waals surface area contributed by atoms with Gasteiger partial charge in [0.25, 0.3) is 0 Å². The number of amides is 1. The molecule has 0 unspecified atom stereocenters. The lowest BCUT2D eigenvalue weighted by Gasteiger charge is -2.20. The van der Waals surface area contributed by atoms with Gasteiger partial charge in [0, 0.05) is 22.7 Å². The number of hydrogen-bond acceptors (Lipinski definition) is 4. The second-order valence-electron chi connectivity index (χ2n) is 5.95. The molecule has 2 aromatic carbocycles. The van der Waals surface area contributed by atoms with Crippen LogP contribution in [0.2, 0.25) is 10.0 Å². The number of likely N-dealkylation sites (N-methyl/N-ethyl adjacent to an activating group) is 1. The van der Waals surface area contributed by atoms with Crippen LogP contribution in [-0.4, -0.2) is 44.1 Å². The van der Waals surface area contributed by atoms with Gasteiger partial charge in [0.2, 0.25) is 15.9 Å². The van der Waals surface area contributed by atoms with Crippen molar-refractivity contribution in [2.45, 2.75) is 0 Å². The average Bonchev–Trinajstić information content (AvgIpc) is 3.01. The standard InChI is InChI=1S/C17H16Cl2N4O3S/c1-23(16(24)9-20-27(2,25)26)15-6-4-10(18)7-12(15)17-21-13-5-3-11(19)8-14(13)22-17/h3-8,20H,9H2,1-2H3,(H,21,22). The molecule has 27 heavy (non-hydrogen) atoms. The zero-order valence-electron chi connectivity index (χ0n) is 14.5. The minimum atomic E-state index is -3.47. The van der Waals surface area contributed by atoms with Crippen molar-refractivity contribution in [1.29, 1.82) is 0 Å². The van der Waals surface area contributed by atoms with Crippen molar-refractivity contribution < 1.29 is 13.2 Å². The van der Waals surface area contributed by atoms with Gasteiger partial charge in [0.05, 0.1) is 29.5 Å². The van der Waals surface area contributed by atoms with Gasteiger partial charge in [0.1, 0.15) is 5.82 Å². The van der Waals surface area contributed by atoms with Crippen LogP contribution in [-0.2, 0) is 14.8 Å². The number of aromatic nitrogens is 2. The van der Waals surface area contributed by atoms with Crippen LogP contribution in [0.1, 0.15) is 0 Å². The molecular weight excluding hydrogens is 411 g/mol. The van der Waals surface area contributed by atoms with E-state index in [1.54, 1.807) is 43.4 Å². The molecule has 0 bridgehead atoms. The monoisotopic (exact) mass is 426 g/mol. The SMILES string of the molecule is CN(C(=O)CNS(C)(=O)=O)c1ccc(Cl)cc1-c1nc2ccc(Cl)cc2[nH]1. The van der Waals surface area contributed by atoms with Crippen LogP contribution in [0.4, 0.5) is 5.69 Å². The maximum atomic E-state index is 12.4. The number of benzene rings is 2. The van der Waals surface area contributed by atoms with Gasteiger partial charge in [-0.3, -0.25) is 4.79 Å². The summed E-state index contributed by atoms with van der Waals surface area (Å²) in [6, 6.07) is 10.3. The van der Waals surface area contributed by atoms with Gasteiger partial charge < -0.3 is 9.88 Å². The van der Waals surface area contributed by atoms with Crippen molar-refractivity contribution in [3.05, 3.63) is 46.4 Å². The molecule has 0 aliphatic rings. The predicted molar refractivity (Wildman–Crippen MR) is 108 cm³/mol. The summed E-state index contributed by atoms with van der Waals surface area (Å²) in [5, 5.41) is 1.05. The van der Waals surface area contributed by atoms with Gasteiger partial charge >= 0.3 is 0 Å². The van der Waals surface area contributed by atoms with Gasteiger partial charge in [-0.2, -0.15) is 0 Å². The van der Waals surface area contributed by atoms with Gasteiger partial charge in [-0.1, -0.05) is 23.2 Å². The molecule has 7 nitrogen and oxygen atoms in total. The zero-order valence-corrected chi connectivity index (χ0v) is 16.8. The van der Waals surface area contributed by atoms with E-state index in [1.165, 1.54) is 4.90 Å². The molecule has 0 aliphatic carbocycles. The van der Waals surface area contributed by atoms with E-state index >= 15 is 0 Å². The summed E-state index contributed by atoms with van der Waals surface area (Å²) in [7, 11) is -1.92. The lowest BCUT2D eigenvalue weighted by molar-refractivity contribution is -0.117. The highest BCUT2D eigenvalue weighted by atomic mass is 35.5. The molecule has 0 saturated carbocycles. The van der Waals surface area contributed by atoms with Crippen LogP contribution in [0, 0.1) is 0 Å². The van der Waals surface area contributed by atoms with Crippen molar-refractivity contribution in [3.63, 3.8) is 0 Å². The Morgan fingerprint density at radius 2 is 1.85 bits per heavy atom. The van der Waals surface area contributed by atoms with E-state index in [2.05, 4.69) is 14.7 Å². The van der Waals surface area contributed by atoms with E-state index in [0.717, 1.165) is 11.8 Å². The quantitative estimate of drug-likeness (QED) is 0.655. The number of hydrogen-bond donors (Lipinski definition) is 2. The zero-order chi connectivity index (χ0) is 19.8. The average molecular weight is 427 g/mol. The number of halogens is 2. The molecule has 1 heterocycles. The smallest absolute Gasteiger partial charge is 0.241 e. The molecule has 0 atom stereocenters. The molecule has 142 valence electrons. The Labute approximate surface area is 166 Å². The topological polar surface area (TPSA) is 95.2 Å². The summed E-state index contributed by atoms with van der Waals surface area (Å²) >= 11 is 12.2. The molecule has 0 aliphatic heterocycles. The van der Waals surface area contributed by atoms with Gasteiger partial charge in [-0.05, 0) is 36.4 Å². The number of fused-ring (bicyclic) bond motifs is 1. The first-order valence-electron chi connectivity index (χ1n) is 7.80. The number of rotatable bonds is 5. The molecule has 2 N–H and O–H groups in total. The second-order valence-corrected chi connectivity index (χ2v) is 8.66. The summed E-state index contributed by atoms with van der Waals surface area (Å²) in [6.45, 7) is -0.354. The Bertz CT molecular complexity index is 1130. The Morgan fingerprint density at radius 3 is 2.56 bits per heavy atom. The highest BCUT2D eigenvalue weighted by molar-refractivity contribution is 7.88. The lowest BCUT2D eigenvalue weighted by atomic mass is 10.1. The minimum Gasteiger partial charge on any atom is -0.338 e. The van der Waals surface area contributed by atoms with Crippen LogP contribution >= 0.6 is 23.2 Å². The number of imidazole rings is 1. The molecule has 0 radical (unpaired) electrons. The maximum Gasteiger partial charge on any atom is 0.241 e. The first-order chi connectivity index (χ1) is 12.6. The van der Waals surface area contributed by atoms with Crippen LogP contribution in [0.5, 0.6) is 0 Å². The van der Waals surface area contributed by atoms with Crippen molar-refractivity contribution >= 4 is 55.9 Å². The van der Waals surface area contributed by atoms with Crippen molar-refractivity contribution in [3.8, 4) is 11.4 Å². The summed E-state index contributed by atoms with van der Waals surface area (Å²) in [6.07, 6.45) is 0.994. The molecule has 1 aromatic heterocycles. The third kappa shape index (κ3) is 4.59. The maximum absolute atomic E-state index is 12.4. The summed E-state index contributed by atoms with van der Waals surface area (Å²) in [5.74, 6) is 0.0867. The number of nitrogens with zero attached hydrogens (tertiary/aromatic N) is 2. The van der Waals surface area contributed by atoms with E-state index < -0.39 is 15.9 Å². The molecule has 0 saturated heterocycles. The first-order valence-corrected chi connectivity index (χ1v) is 10.4. The number of nitrogens with one attached hydrogen (secondary N) is 2. The first kappa shape index (κ1) is 19.6. The highest BCUT2D eigenvalue weighted by Gasteiger charge is 2.19. The minimum absolute atomic E-state index is 0.354. The molecule has 3 aromatic rings. The number of carbonyl (C=O) groups excluding carboxylic acids is 1. The van der Waals surface area contributed by atoms with E-state index in [0.29, 0.717) is 32.6 Å². The van der Waals surface area contributed by atoms with Gasteiger partial charge in [-0.15, -0.1) is 0 Å². The van der Waals surface area contributed by atoms with Crippen molar-refractivity contribution in [1.82, 2.24) is 14.7 Å². The van der Waals surface area contributed by atoms with Crippen LogP contribution < -0.4 is 9.62 Å². The summed E-state index contributed by atoms with van der Waals surface area (Å²) in [5.41, 5.74) is 2.60. The Morgan fingerprint density at radius 1 is 1.19 bits per heavy atom. The number of H-pyrrole nitrogens is 1. The molecule has 0 fully saturated rings. The fourth-order valence-electron chi connectivity index (χ4n) is 2.55. The Hall–Kier alpha value is -2.13. The lowest BCUT2D eigenvalue weighted by Crippen LogP contribution is -2.38. The highest BCUT2D eigenvalue weighted by Crippen LogP contribution is 2.33. The van der Waals surface area contributed by atoms with E-state index in [9.17, 15) is 13.2 Å². The van der Waals surface area contributed by atoms with Crippen LogP contribution in [0.15, 0.2) is 36.4 Å². The Balaban J connectivity index is 2.00. The molecule has 3 rings (SSSR count). The fourth-order valence-corrected chi connectivity index (χ4v) is 3.28. The number of aromatic amines is 1. The third-order valence-electron chi connectivity index (χ3n) is 3.88. The molecule has 10 heteroatoms. The fraction of sp³-hybridized carbons (Fsp3) is 0.176. The normalized spacial score (nSPS) is 11.7. The largest absolute Gasteiger partial charge is 0.338 e. The Kier molecular flexibility index (Phi) is 5.43. The summed E-state index contributed by atoms with van der Waals surface area (Å²) in [4.78, 5) is 21.4. The molecule has 1 amide bonds. The van der Waals surface area contributed by atoms with Gasteiger partial charge in [-0.25, -0.2) is 18.1 Å². The van der Waals surface area contributed by atoms with Gasteiger partial charge in [0.15, 0.2) is 0 Å². The molecule has 0 spiro atoms. The van der Waals surface area contributed by atoms with Crippen LogP contribution in [0.25, 0.3) is 22.4 Å². The number of sulfonamides is 1. The molecular formula is C17H16Cl2N4O3S. The van der Waals surface area contributed by atoms with Crippen LogP contribution in [0.3, 0.4) is 0 Å². The third-order valence-corrected chi connectivity index (χ3v) is 5.02. The number of carbonyl (C=O) groups is 1. The predicted octanol–water partition coefficient (Wildman–Crippen LogP) is 3.05.